The number of carbonyl (C=O) groups excluding carboxylic acids is 1. The number of nitrogens with one attached hydrogen (secondary N) is 1. The summed E-state index contributed by atoms with van der Waals surface area (Å²) in [7, 11) is 1.65. The average molecular weight is 222 g/mol. The van der Waals surface area contributed by atoms with E-state index in [9.17, 15) is 9.59 Å². The average Bonchev–Trinajstić information content (AvgIpc) is 2.77. The Kier molecular flexibility index (Phi) is 3.05. The first-order valence-corrected chi connectivity index (χ1v) is 5.21. The van der Waals surface area contributed by atoms with Gasteiger partial charge in [0.2, 0.25) is 5.56 Å². The van der Waals surface area contributed by atoms with Crippen LogP contribution in [0, 0.1) is 0 Å². The zero-order valence-electron chi connectivity index (χ0n) is 9.10. The maximum absolute atomic E-state index is 12.0. The molecule has 0 saturated carbocycles. The SMILES string of the molecule is COC1CCN(C(=O)c2ccc(=O)[nH]c2)C1. The Morgan fingerprint density at radius 3 is 2.94 bits per heavy atom. The van der Waals surface area contributed by atoms with Crippen LogP contribution in [0.4, 0.5) is 0 Å². The summed E-state index contributed by atoms with van der Waals surface area (Å²) in [5.74, 6) is -0.0594. The number of hydrogen-bond donors (Lipinski definition) is 1. The minimum atomic E-state index is -0.201. The molecule has 5 nitrogen and oxygen atoms in total. The molecule has 1 aromatic rings. The molecule has 0 aliphatic carbocycles. The molecule has 16 heavy (non-hydrogen) atoms. The molecule has 1 saturated heterocycles. The number of rotatable bonds is 2. The van der Waals surface area contributed by atoms with Crippen LogP contribution in [0.3, 0.4) is 0 Å². The van der Waals surface area contributed by atoms with Gasteiger partial charge in [0, 0.05) is 32.5 Å². The number of amides is 1. The van der Waals surface area contributed by atoms with E-state index in [1.807, 2.05) is 0 Å². The molecule has 1 aliphatic heterocycles. The van der Waals surface area contributed by atoms with Crippen molar-refractivity contribution in [2.75, 3.05) is 20.2 Å². The third-order valence-electron chi connectivity index (χ3n) is 2.80. The van der Waals surface area contributed by atoms with Gasteiger partial charge in [0.15, 0.2) is 0 Å². The fourth-order valence-corrected chi connectivity index (χ4v) is 1.83. The van der Waals surface area contributed by atoms with Gasteiger partial charge in [-0.2, -0.15) is 0 Å². The molecule has 1 fully saturated rings. The van der Waals surface area contributed by atoms with Crippen LogP contribution in [0.2, 0.25) is 0 Å². The third kappa shape index (κ3) is 2.14. The summed E-state index contributed by atoms with van der Waals surface area (Å²) in [6.45, 7) is 1.32. The second kappa shape index (κ2) is 4.49. The molecule has 1 N–H and O–H groups in total. The van der Waals surface area contributed by atoms with Gasteiger partial charge in [-0.1, -0.05) is 0 Å². The van der Waals surface area contributed by atoms with E-state index in [0.29, 0.717) is 18.7 Å². The maximum atomic E-state index is 12.0. The van der Waals surface area contributed by atoms with Crippen molar-refractivity contribution in [3.8, 4) is 0 Å². The molecule has 0 spiro atoms. The summed E-state index contributed by atoms with van der Waals surface area (Å²) in [4.78, 5) is 27.1. The fourth-order valence-electron chi connectivity index (χ4n) is 1.83. The lowest BCUT2D eigenvalue weighted by Gasteiger charge is -2.15. The van der Waals surface area contributed by atoms with Gasteiger partial charge >= 0.3 is 0 Å². The Balaban J connectivity index is 2.08. The highest BCUT2D eigenvalue weighted by atomic mass is 16.5. The predicted molar refractivity (Wildman–Crippen MR) is 58.4 cm³/mol. The Labute approximate surface area is 93.0 Å². The fraction of sp³-hybridized carbons (Fsp3) is 0.455. The van der Waals surface area contributed by atoms with Crippen molar-refractivity contribution in [2.45, 2.75) is 12.5 Å². The van der Waals surface area contributed by atoms with Crippen LogP contribution >= 0.6 is 0 Å². The van der Waals surface area contributed by atoms with Crippen LogP contribution < -0.4 is 5.56 Å². The molecular formula is C11H14N2O3. The van der Waals surface area contributed by atoms with E-state index in [4.69, 9.17) is 4.74 Å². The number of methoxy groups -OCH3 is 1. The zero-order valence-corrected chi connectivity index (χ0v) is 9.10. The van der Waals surface area contributed by atoms with Crippen LogP contribution in [-0.2, 0) is 4.74 Å². The summed E-state index contributed by atoms with van der Waals surface area (Å²) < 4.78 is 5.19. The highest BCUT2D eigenvalue weighted by Crippen LogP contribution is 2.14. The molecule has 2 rings (SSSR count). The number of ether oxygens (including phenoxy) is 1. The van der Waals surface area contributed by atoms with E-state index in [1.165, 1.54) is 12.3 Å². The molecular weight excluding hydrogens is 208 g/mol. The lowest BCUT2D eigenvalue weighted by atomic mass is 10.2. The summed E-state index contributed by atoms with van der Waals surface area (Å²) in [5.41, 5.74) is 0.309. The predicted octanol–water partition coefficient (Wildman–Crippen LogP) is 0.236. The lowest BCUT2D eigenvalue weighted by Crippen LogP contribution is -2.30. The normalized spacial score (nSPS) is 20.1. The smallest absolute Gasteiger partial charge is 0.255 e. The zero-order chi connectivity index (χ0) is 11.5. The van der Waals surface area contributed by atoms with Crippen molar-refractivity contribution in [1.82, 2.24) is 9.88 Å². The Morgan fingerprint density at radius 1 is 1.56 bits per heavy atom. The number of carbonyl (C=O) groups is 1. The van der Waals surface area contributed by atoms with Crippen LogP contribution in [0.1, 0.15) is 16.8 Å². The largest absolute Gasteiger partial charge is 0.380 e. The monoisotopic (exact) mass is 222 g/mol. The van der Waals surface area contributed by atoms with E-state index in [-0.39, 0.29) is 17.6 Å². The van der Waals surface area contributed by atoms with Crippen molar-refractivity contribution in [3.63, 3.8) is 0 Å². The van der Waals surface area contributed by atoms with Gasteiger partial charge in [-0.25, -0.2) is 0 Å². The molecule has 0 bridgehead atoms. The van der Waals surface area contributed by atoms with Gasteiger partial charge in [-0.3, -0.25) is 9.59 Å². The number of aromatic amines is 1. The first kappa shape index (κ1) is 10.9. The Bertz CT molecular complexity index is 421. The molecule has 1 amide bonds. The third-order valence-corrected chi connectivity index (χ3v) is 2.80. The van der Waals surface area contributed by atoms with Gasteiger partial charge in [-0.15, -0.1) is 0 Å². The number of aromatic nitrogens is 1. The molecule has 1 atom stereocenters. The number of hydrogen-bond acceptors (Lipinski definition) is 3. The van der Waals surface area contributed by atoms with E-state index in [2.05, 4.69) is 4.98 Å². The molecule has 0 radical (unpaired) electrons. The van der Waals surface area contributed by atoms with Gasteiger partial charge in [-0.05, 0) is 12.5 Å². The van der Waals surface area contributed by atoms with Crippen molar-refractivity contribution in [1.29, 1.82) is 0 Å². The standard InChI is InChI=1S/C11H14N2O3/c1-16-9-4-5-13(7-9)11(15)8-2-3-10(14)12-6-8/h2-3,6,9H,4-5,7H2,1H3,(H,12,14). The van der Waals surface area contributed by atoms with Gasteiger partial charge < -0.3 is 14.6 Å². The Hall–Kier alpha value is -1.62. The summed E-state index contributed by atoms with van der Waals surface area (Å²) in [5, 5.41) is 0. The first-order chi connectivity index (χ1) is 7.70. The van der Waals surface area contributed by atoms with E-state index >= 15 is 0 Å². The van der Waals surface area contributed by atoms with Crippen molar-refractivity contribution >= 4 is 5.91 Å². The van der Waals surface area contributed by atoms with Crippen molar-refractivity contribution in [2.24, 2.45) is 0 Å². The molecule has 1 aliphatic rings. The molecule has 2 heterocycles. The summed E-state index contributed by atoms with van der Waals surface area (Å²) in [6.07, 6.45) is 2.45. The highest BCUT2D eigenvalue weighted by Gasteiger charge is 2.26. The molecule has 86 valence electrons. The molecule has 5 heteroatoms. The van der Waals surface area contributed by atoms with Crippen LogP contribution in [0.5, 0.6) is 0 Å². The van der Waals surface area contributed by atoms with Gasteiger partial charge in [0.1, 0.15) is 0 Å². The number of H-pyrrole nitrogens is 1. The summed E-state index contributed by atoms with van der Waals surface area (Å²) in [6, 6.07) is 2.90. The maximum Gasteiger partial charge on any atom is 0.255 e. The minimum absolute atomic E-state index is 0.0594. The first-order valence-electron chi connectivity index (χ1n) is 5.21. The molecule has 1 aromatic heterocycles. The second-order valence-corrected chi connectivity index (χ2v) is 3.84. The van der Waals surface area contributed by atoms with Crippen LogP contribution in [-0.4, -0.2) is 42.1 Å². The number of likely N-dealkylation sites (tertiary alicyclic amines) is 1. The van der Waals surface area contributed by atoms with Gasteiger partial charge in [0.25, 0.3) is 5.91 Å². The molecule has 1 unspecified atom stereocenters. The number of nitrogens with zero attached hydrogens (tertiary/aromatic N) is 1. The summed E-state index contributed by atoms with van der Waals surface area (Å²) >= 11 is 0. The van der Waals surface area contributed by atoms with E-state index in [1.54, 1.807) is 18.1 Å². The highest BCUT2D eigenvalue weighted by molar-refractivity contribution is 5.94. The lowest BCUT2D eigenvalue weighted by molar-refractivity contribution is 0.0724. The van der Waals surface area contributed by atoms with Crippen LogP contribution in [0.25, 0.3) is 0 Å². The van der Waals surface area contributed by atoms with Gasteiger partial charge in [0.05, 0.1) is 11.7 Å². The van der Waals surface area contributed by atoms with E-state index < -0.39 is 0 Å². The minimum Gasteiger partial charge on any atom is -0.380 e. The van der Waals surface area contributed by atoms with E-state index in [0.717, 1.165) is 6.42 Å². The molecule has 0 aromatic carbocycles. The quantitative estimate of drug-likeness (QED) is 0.779. The van der Waals surface area contributed by atoms with Crippen LogP contribution in [0.15, 0.2) is 23.1 Å². The second-order valence-electron chi connectivity index (χ2n) is 3.84. The number of pyridine rings is 1. The van der Waals surface area contributed by atoms with Crippen molar-refractivity contribution in [3.05, 3.63) is 34.2 Å². The Morgan fingerprint density at radius 2 is 2.38 bits per heavy atom. The topological polar surface area (TPSA) is 62.4 Å². The van der Waals surface area contributed by atoms with Crippen molar-refractivity contribution < 1.29 is 9.53 Å².